The Kier molecular flexibility index (Phi) is 9.58. The van der Waals surface area contributed by atoms with Crippen LogP contribution in [0.3, 0.4) is 0 Å². The number of rotatable bonds is 11. The molecule has 2 aromatic heterocycles. The summed E-state index contributed by atoms with van der Waals surface area (Å²) in [5.74, 6) is 0.638. The van der Waals surface area contributed by atoms with Crippen LogP contribution in [0.25, 0.3) is 0 Å². The van der Waals surface area contributed by atoms with E-state index in [4.69, 9.17) is 21.1 Å². The first-order chi connectivity index (χ1) is 17.2. The number of carbonyl (C=O) groups is 2. The standard InChI is InChI=1S/C25H29ClN4O4S2/c1-7-9-30-22(16(5)34-17-10-14(3)21(26)15(4)11-17)28-29-25(30)35-13-20(31)27-23-19(24(32)33-6)12-18(8-2)36-23/h7,10-12,16H,1,8-9,13H2,2-6H3,(H,27,31). The van der Waals surface area contributed by atoms with Gasteiger partial charge >= 0.3 is 5.97 Å². The number of aromatic nitrogens is 3. The number of nitrogens with zero attached hydrogens (tertiary/aromatic N) is 3. The maximum absolute atomic E-state index is 12.7. The van der Waals surface area contributed by atoms with Gasteiger partial charge in [-0.1, -0.05) is 36.4 Å². The van der Waals surface area contributed by atoms with Crippen LogP contribution in [-0.4, -0.2) is 39.5 Å². The molecule has 0 aliphatic rings. The summed E-state index contributed by atoms with van der Waals surface area (Å²) in [6.07, 6.45) is 2.09. The molecule has 0 fully saturated rings. The van der Waals surface area contributed by atoms with Crippen molar-refractivity contribution in [2.24, 2.45) is 0 Å². The molecule has 3 aromatic rings. The van der Waals surface area contributed by atoms with Gasteiger partial charge in [0.25, 0.3) is 0 Å². The van der Waals surface area contributed by atoms with Gasteiger partial charge in [-0.3, -0.25) is 9.36 Å². The molecular weight excluding hydrogens is 520 g/mol. The number of hydrogen-bond acceptors (Lipinski definition) is 8. The summed E-state index contributed by atoms with van der Waals surface area (Å²) >= 11 is 8.88. The predicted octanol–water partition coefficient (Wildman–Crippen LogP) is 6.02. The van der Waals surface area contributed by atoms with Crippen LogP contribution in [-0.2, 0) is 22.5 Å². The number of nitrogens with one attached hydrogen (secondary N) is 1. The van der Waals surface area contributed by atoms with Crippen molar-refractivity contribution < 1.29 is 19.1 Å². The molecular formula is C25H29ClN4O4S2. The second-order valence-corrected chi connectivity index (χ2v) is 10.5. The van der Waals surface area contributed by atoms with Crippen LogP contribution >= 0.6 is 34.7 Å². The minimum absolute atomic E-state index is 0.0834. The number of allylic oxidation sites excluding steroid dienone is 1. The molecule has 2 heterocycles. The van der Waals surface area contributed by atoms with Gasteiger partial charge in [0.1, 0.15) is 10.8 Å². The van der Waals surface area contributed by atoms with Crippen molar-refractivity contribution in [2.75, 3.05) is 18.2 Å². The molecule has 8 nitrogen and oxygen atoms in total. The Hall–Kier alpha value is -2.82. The Bertz CT molecular complexity index is 1250. The number of thiophene rings is 1. The molecule has 1 amide bonds. The summed E-state index contributed by atoms with van der Waals surface area (Å²) in [6, 6.07) is 5.52. The van der Waals surface area contributed by atoms with Crippen LogP contribution in [0.2, 0.25) is 5.02 Å². The molecule has 0 aliphatic carbocycles. The third-order valence-corrected chi connectivity index (χ3v) is 8.02. The number of thioether (sulfide) groups is 1. The number of carbonyl (C=O) groups excluding carboxylic acids is 2. The Morgan fingerprint density at radius 1 is 1.28 bits per heavy atom. The highest BCUT2D eigenvalue weighted by Gasteiger charge is 2.22. The van der Waals surface area contributed by atoms with Gasteiger partial charge in [0.2, 0.25) is 5.91 Å². The van der Waals surface area contributed by atoms with Gasteiger partial charge < -0.3 is 14.8 Å². The van der Waals surface area contributed by atoms with E-state index in [0.29, 0.717) is 38.9 Å². The third-order valence-electron chi connectivity index (χ3n) is 5.27. The molecule has 0 aliphatic heterocycles. The third kappa shape index (κ3) is 6.48. The lowest BCUT2D eigenvalue weighted by molar-refractivity contribution is -0.113. The van der Waals surface area contributed by atoms with Gasteiger partial charge in [0.15, 0.2) is 17.1 Å². The molecule has 0 saturated carbocycles. The summed E-state index contributed by atoms with van der Waals surface area (Å²) in [5, 5.41) is 13.2. The highest BCUT2D eigenvalue weighted by atomic mass is 35.5. The number of aryl methyl sites for hydroxylation is 3. The fraction of sp³-hybridized carbons (Fsp3) is 0.360. The average Bonchev–Trinajstić information content (AvgIpc) is 3.44. The number of halogens is 1. The smallest absolute Gasteiger partial charge is 0.340 e. The second-order valence-electron chi connectivity index (χ2n) is 8.01. The molecule has 11 heteroatoms. The van der Waals surface area contributed by atoms with E-state index in [1.54, 1.807) is 12.1 Å². The first-order valence-corrected chi connectivity index (χ1v) is 13.5. The van der Waals surface area contributed by atoms with Crippen molar-refractivity contribution in [1.29, 1.82) is 0 Å². The number of benzene rings is 1. The van der Waals surface area contributed by atoms with Crippen molar-refractivity contribution in [1.82, 2.24) is 14.8 Å². The van der Waals surface area contributed by atoms with Gasteiger partial charge in [-0.25, -0.2) is 4.79 Å². The lowest BCUT2D eigenvalue weighted by Gasteiger charge is -2.17. The van der Waals surface area contributed by atoms with E-state index in [-0.39, 0.29) is 11.7 Å². The van der Waals surface area contributed by atoms with Crippen LogP contribution in [0.1, 0.15) is 52.1 Å². The Morgan fingerprint density at radius 3 is 2.58 bits per heavy atom. The molecule has 3 rings (SSSR count). The lowest BCUT2D eigenvalue weighted by atomic mass is 10.1. The van der Waals surface area contributed by atoms with Crippen LogP contribution < -0.4 is 10.1 Å². The van der Waals surface area contributed by atoms with E-state index in [0.717, 1.165) is 22.4 Å². The van der Waals surface area contributed by atoms with Gasteiger partial charge in [-0.05, 0) is 56.5 Å². The van der Waals surface area contributed by atoms with E-state index in [9.17, 15) is 9.59 Å². The minimum atomic E-state index is -0.482. The normalized spacial score (nSPS) is 11.7. The van der Waals surface area contributed by atoms with Gasteiger partial charge in [0.05, 0.1) is 18.4 Å². The summed E-state index contributed by atoms with van der Waals surface area (Å²) in [4.78, 5) is 25.7. The maximum atomic E-state index is 12.7. The fourth-order valence-corrected chi connectivity index (χ4v) is 5.37. The molecule has 0 bridgehead atoms. The zero-order valence-corrected chi connectivity index (χ0v) is 23.3. The van der Waals surface area contributed by atoms with E-state index >= 15 is 0 Å². The molecule has 192 valence electrons. The summed E-state index contributed by atoms with van der Waals surface area (Å²) in [6.45, 7) is 12.0. The number of methoxy groups -OCH3 is 1. The monoisotopic (exact) mass is 548 g/mol. The molecule has 0 spiro atoms. The topological polar surface area (TPSA) is 95.3 Å². The maximum Gasteiger partial charge on any atom is 0.340 e. The van der Waals surface area contributed by atoms with Crippen LogP contribution in [0, 0.1) is 13.8 Å². The minimum Gasteiger partial charge on any atom is -0.483 e. The average molecular weight is 549 g/mol. The first kappa shape index (κ1) is 27.8. The molecule has 1 atom stereocenters. The molecule has 1 unspecified atom stereocenters. The van der Waals surface area contributed by atoms with E-state index in [1.165, 1.54) is 30.2 Å². The van der Waals surface area contributed by atoms with Crippen molar-refractivity contribution in [2.45, 2.75) is 51.9 Å². The summed E-state index contributed by atoms with van der Waals surface area (Å²) in [7, 11) is 1.32. The first-order valence-electron chi connectivity index (χ1n) is 11.3. The number of esters is 1. The molecule has 36 heavy (non-hydrogen) atoms. The Balaban J connectivity index is 1.72. The van der Waals surface area contributed by atoms with E-state index in [1.807, 2.05) is 44.4 Å². The van der Waals surface area contributed by atoms with Gasteiger partial charge in [0, 0.05) is 16.4 Å². The van der Waals surface area contributed by atoms with Crippen molar-refractivity contribution in [3.8, 4) is 5.75 Å². The predicted molar refractivity (Wildman–Crippen MR) is 145 cm³/mol. The lowest BCUT2D eigenvalue weighted by Crippen LogP contribution is -2.16. The largest absolute Gasteiger partial charge is 0.483 e. The number of amides is 1. The summed E-state index contributed by atoms with van der Waals surface area (Å²) in [5.41, 5.74) is 2.22. The molecule has 0 saturated heterocycles. The van der Waals surface area contributed by atoms with Crippen molar-refractivity contribution >= 4 is 51.6 Å². The number of hydrogen-bond donors (Lipinski definition) is 1. The SMILES string of the molecule is C=CCn1c(SCC(=O)Nc2sc(CC)cc2C(=O)OC)nnc1C(C)Oc1cc(C)c(Cl)c(C)c1. The summed E-state index contributed by atoms with van der Waals surface area (Å²) < 4.78 is 12.8. The number of ether oxygens (including phenoxy) is 2. The van der Waals surface area contributed by atoms with Gasteiger partial charge in [-0.2, -0.15) is 0 Å². The zero-order chi connectivity index (χ0) is 26.4. The molecule has 0 radical (unpaired) electrons. The quantitative estimate of drug-likeness (QED) is 0.178. The Labute approximate surface area is 224 Å². The zero-order valence-electron chi connectivity index (χ0n) is 20.9. The number of anilines is 1. The van der Waals surface area contributed by atoms with Gasteiger partial charge in [-0.15, -0.1) is 28.1 Å². The van der Waals surface area contributed by atoms with Crippen LogP contribution in [0.4, 0.5) is 5.00 Å². The second kappa shape index (κ2) is 12.4. The van der Waals surface area contributed by atoms with Crippen LogP contribution in [0.15, 0.2) is 36.0 Å². The van der Waals surface area contributed by atoms with E-state index < -0.39 is 12.1 Å². The highest BCUT2D eigenvalue weighted by Crippen LogP contribution is 2.31. The molecule has 1 N–H and O–H groups in total. The van der Waals surface area contributed by atoms with E-state index in [2.05, 4.69) is 22.1 Å². The fourth-order valence-electron chi connectivity index (χ4n) is 3.50. The molecule has 1 aromatic carbocycles. The van der Waals surface area contributed by atoms with Crippen molar-refractivity contribution in [3.63, 3.8) is 0 Å². The Morgan fingerprint density at radius 2 is 1.97 bits per heavy atom. The highest BCUT2D eigenvalue weighted by molar-refractivity contribution is 7.99. The van der Waals surface area contributed by atoms with Crippen LogP contribution in [0.5, 0.6) is 5.75 Å². The van der Waals surface area contributed by atoms with Crippen molar-refractivity contribution in [3.05, 3.63) is 63.3 Å².